The highest BCUT2D eigenvalue weighted by atomic mass is 79.9. The Morgan fingerprint density at radius 1 is 0.676 bits per heavy atom. The number of nitrogens with zero attached hydrogens (tertiary/aromatic N) is 1. The van der Waals surface area contributed by atoms with Crippen molar-refractivity contribution in [1.82, 2.24) is 0 Å². The van der Waals surface area contributed by atoms with E-state index in [9.17, 15) is 10.1 Å². The van der Waals surface area contributed by atoms with E-state index in [1.165, 1.54) is 12.1 Å². The molecule has 34 heavy (non-hydrogen) atoms. The lowest BCUT2D eigenvalue weighted by atomic mass is 9.56. The van der Waals surface area contributed by atoms with Crippen molar-refractivity contribution in [3.8, 4) is 0 Å². The van der Waals surface area contributed by atoms with E-state index in [-0.39, 0.29) is 35.9 Å². The Morgan fingerprint density at radius 2 is 1.00 bits per heavy atom. The molecular formula is C18H6BrCl12NO2. The van der Waals surface area contributed by atoms with Crippen molar-refractivity contribution in [3.05, 3.63) is 58.0 Å². The van der Waals surface area contributed by atoms with E-state index < -0.39 is 45.9 Å². The molecule has 0 aliphatic heterocycles. The summed E-state index contributed by atoms with van der Waals surface area (Å²) in [5.41, 5.74) is 0.273. The minimum atomic E-state index is -1.99. The highest BCUT2D eigenvalue weighted by Gasteiger charge is 2.72. The molecule has 3 aliphatic rings. The molecular weight excluding hydrogens is 768 g/mol. The molecule has 4 atom stereocenters. The fourth-order valence-electron chi connectivity index (χ4n) is 4.94. The second-order valence-corrected chi connectivity index (χ2v) is 15.9. The minimum Gasteiger partial charge on any atom is -0.258 e. The molecule has 0 bridgehead atoms. The van der Waals surface area contributed by atoms with Crippen LogP contribution < -0.4 is 0 Å². The van der Waals surface area contributed by atoms with Crippen LogP contribution in [0.4, 0.5) is 5.69 Å². The number of nitro groups is 1. The molecule has 0 N–H and O–H groups in total. The summed E-state index contributed by atoms with van der Waals surface area (Å²) >= 11 is 83.1. The van der Waals surface area contributed by atoms with Gasteiger partial charge in [-0.3, -0.25) is 10.1 Å². The van der Waals surface area contributed by atoms with Gasteiger partial charge in [0, 0.05) is 29.7 Å². The Balaban J connectivity index is 2.21. The minimum absolute atomic E-state index is 0.109. The molecule has 16 heteroatoms. The molecule has 186 valence electrons. The summed E-state index contributed by atoms with van der Waals surface area (Å²) in [4.78, 5) is 11.1. The van der Waals surface area contributed by atoms with Gasteiger partial charge in [0.1, 0.15) is 0 Å². The van der Waals surface area contributed by atoms with Crippen LogP contribution in [-0.2, 0) is 0 Å². The van der Waals surface area contributed by atoms with Crippen LogP contribution in [-0.4, -0.2) is 22.3 Å². The zero-order chi connectivity index (χ0) is 25.9. The van der Waals surface area contributed by atoms with Crippen LogP contribution in [0.2, 0.25) is 0 Å². The SMILES string of the molecule is O=[N+]([O-])c1cc2c(cc1Br)[C@@H]1[C@H]([C@@H]3[C@@H]2C(Cl)(Cl)C(Cl)=C(Cl)C3(Cl)Cl)C(Cl)(Cl)C(Cl)=C(Cl)C1(Cl)Cl. The van der Waals surface area contributed by atoms with Gasteiger partial charge in [0.2, 0.25) is 0 Å². The van der Waals surface area contributed by atoms with E-state index in [2.05, 4.69) is 15.9 Å². The molecule has 3 aliphatic carbocycles. The highest BCUT2D eigenvalue weighted by molar-refractivity contribution is 9.10. The number of fused-ring (bicyclic) bond motifs is 6. The predicted molar refractivity (Wildman–Crippen MR) is 148 cm³/mol. The van der Waals surface area contributed by atoms with Gasteiger partial charge in [0.05, 0.1) is 29.5 Å². The quantitative estimate of drug-likeness (QED) is 0.162. The zero-order valence-electron chi connectivity index (χ0n) is 15.6. The van der Waals surface area contributed by atoms with Crippen molar-refractivity contribution in [1.29, 1.82) is 0 Å². The van der Waals surface area contributed by atoms with Gasteiger partial charge in [-0.15, -0.1) is 0 Å². The molecule has 0 unspecified atom stereocenters. The normalized spacial score (nSPS) is 32.6. The lowest BCUT2D eigenvalue weighted by Gasteiger charge is -2.60. The Bertz CT molecular complexity index is 1190. The van der Waals surface area contributed by atoms with Gasteiger partial charge in [-0.25, -0.2) is 0 Å². The van der Waals surface area contributed by atoms with Crippen LogP contribution in [0.1, 0.15) is 23.0 Å². The first-order valence-electron chi connectivity index (χ1n) is 8.93. The van der Waals surface area contributed by atoms with Crippen molar-refractivity contribution >= 4 is 161 Å². The number of benzene rings is 1. The number of halogens is 13. The van der Waals surface area contributed by atoms with Gasteiger partial charge < -0.3 is 0 Å². The number of hydrogen-bond donors (Lipinski definition) is 0. The van der Waals surface area contributed by atoms with Gasteiger partial charge in [-0.2, -0.15) is 0 Å². The Labute approximate surface area is 262 Å². The molecule has 0 fully saturated rings. The number of rotatable bonds is 1. The standard InChI is InChI=1S/C18H6BrCl12NO2/c19-5-1-3-4(2-6(5)32(33)34)8-10(18(30,31)14(23)12(21)16(8,26)27)9-7(3)15(24,25)11(20)13(22)17(9,28)29/h1-2,7-10H/t7-,8-,9-,10+/m1/s1. The fourth-order valence-corrected chi connectivity index (χ4v) is 9.73. The first-order valence-corrected chi connectivity index (χ1v) is 14.3. The number of alkyl halides is 8. The second kappa shape index (κ2) is 9.04. The Morgan fingerprint density at radius 3 is 1.35 bits per heavy atom. The molecule has 0 spiro atoms. The van der Waals surface area contributed by atoms with Gasteiger partial charge in [-0.05, 0) is 33.1 Å². The average Bonchev–Trinajstić information content (AvgIpc) is 2.72. The summed E-state index contributed by atoms with van der Waals surface area (Å²) in [5, 5.41) is 10.7. The molecule has 0 radical (unpaired) electrons. The molecule has 0 saturated carbocycles. The molecule has 4 rings (SSSR count). The van der Waals surface area contributed by atoms with Crippen LogP contribution >= 0.6 is 155 Å². The topological polar surface area (TPSA) is 43.1 Å². The van der Waals surface area contributed by atoms with Crippen molar-refractivity contribution in [3.63, 3.8) is 0 Å². The summed E-state index contributed by atoms with van der Waals surface area (Å²) < 4.78 is -7.70. The van der Waals surface area contributed by atoms with Crippen LogP contribution in [0.5, 0.6) is 0 Å². The van der Waals surface area contributed by atoms with Crippen LogP contribution in [0.3, 0.4) is 0 Å². The third-order valence-electron chi connectivity index (χ3n) is 6.30. The third-order valence-corrected chi connectivity index (χ3v) is 13.3. The molecule has 0 heterocycles. The highest BCUT2D eigenvalue weighted by Crippen LogP contribution is 2.75. The van der Waals surface area contributed by atoms with Gasteiger partial charge in [0.15, 0.2) is 17.3 Å². The van der Waals surface area contributed by atoms with Gasteiger partial charge in [0.25, 0.3) is 5.69 Å². The number of hydrogen-bond acceptors (Lipinski definition) is 2. The van der Waals surface area contributed by atoms with Crippen molar-refractivity contribution < 1.29 is 4.92 Å². The summed E-state index contributed by atoms with van der Waals surface area (Å²) in [5.74, 6) is -4.41. The van der Waals surface area contributed by atoms with E-state index in [0.29, 0.717) is 5.56 Å². The average molecular weight is 774 g/mol. The molecule has 0 aromatic heterocycles. The Hall–Kier alpha value is 2.06. The first-order chi connectivity index (χ1) is 15.3. The van der Waals surface area contributed by atoms with E-state index >= 15 is 0 Å². The molecule has 0 saturated heterocycles. The number of nitro benzene ring substituents is 1. The van der Waals surface area contributed by atoms with Crippen molar-refractivity contribution in [2.24, 2.45) is 11.8 Å². The summed E-state index contributed by atoms with van der Waals surface area (Å²) in [6.07, 6.45) is 0. The monoisotopic (exact) mass is 767 g/mol. The van der Waals surface area contributed by atoms with Crippen LogP contribution in [0.15, 0.2) is 36.7 Å². The van der Waals surface area contributed by atoms with Gasteiger partial charge in [-0.1, -0.05) is 139 Å². The lowest BCUT2D eigenvalue weighted by Crippen LogP contribution is -2.60. The van der Waals surface area contributed by atoms with E-state index in [4.69, 9.17) is 139 Å². The van der Waals surface area contributed by atoms with E-state index in [1.807, 2.05) is 0 Å². The lowest BCUT2D eigenvalue weighted by molar-refractivity contribution is -0.385. The maximum atomic E-state index is 11.7. The van der Waals surface area contributed by atoms with Crippen molar-refractivity contribution in [2.75, 3.05) is 0 Å². The largest absolute Gasteiger partial charge is 0.283 e. The third kappa shape index (κ3) is 3.87. The summed E-state index contributed by atoms with van der Waals surface area (Å²) in [6, 6.07) is 2.69. The maximum absolute atomic E-state index is 11.7. The molecule has 0 amide bonds. The van der Waals surface area contributed by atoms with Crippen LogP contribution in [0, 0.1) is 22.0 Å². The van der Waals surface area contributed by atoms with Crippen LogP contribution in [0.25, 0.3) is 0 Å². The zero-order valence-corrected chi connectivity index (χ0v) is 26.3. The predicted octanol–water partition coefficient (Wildman–Crippen LogP) is 10.9. The number of allylic oxidation sites excluding steroid dienone is 4. The summed E-state index contributed by atoms with van der Waals surface area (Å²) in [7, 11) is 0. The Kier molecular flexibility index (Phi) is 7.73. The van der Waals surface area contributed by atoms with E-state index in [1.54, 1.807) is 0 Å². The summed E-state index contributed by atoms with van der Waals surface area (Å²) in [6.45, 7) is 0. The van der Waals surface area contributed by atoms with Crippen molar-refractivity contribution in [2.45, 2.75) is 29.2 Å². The maximum Gasteiger partial charge on any atom is 0.283 e. The molecule has 1 aromatic rings. The first kappa shape index (κ1) is 29.1. The van der Waals surface area contributed by atoms with Gasteiger partial charge >= 0.3 is 0 Å². The smallest absolute Gasteiger partial charge is 0.258 e. The fraction of sp³-hybridized carbons (Fsp3) is 0.444. The molecule has 3 nitrogen and oxygen atoms in total. The molecule has 1 aromatic carbocycles. The second-order valence-electron chi connectivity index (χ2n) is 7.94. The van der Waals surface area contributed by atoms with E-state index in [0.717, 1.165) is 0 Å².